The topological polar surface area (TPSA) is 116 Å². The molecule has 1 aliphatic rings. The van der Waals surface area contributed by atoms with E-state index in [1.54, 1.807) is 75.6 Å². The van der Waals surface area contributed by atoms with Gasteiger partial charge in [0.2, 0.25) is 0 Å². The number of furan rings is 1. The highest BCUT2D eigenvalue weighted by Gasteiger charge is 2.35. The molecule has 0 amide bonds. The first-order chi connectivity index (χ1) is 19.4. The zero-order valence-corrected chi connectivity index (χ0v) is 23.1. The lowest BCUT2D eigenvalue weighted by molar-refractivity contribution is -0.139. The maximum atomic E-state index is 13.9. The van der Waals surface area contributed by atoms with Crippen LogP contribution in [0.5, 0.6) is 11.5 Å². The van der Waals surface area contributed by atoms with Gasteiger partial charge in [-0.3, -0.25) is 9.36 Å². The summed E-state index contributed by atoms with van der Waals surface area (Å²) in [5.41, 5.74) is 2.07. The zero-order chi connectivity index (χ0) is 28.4. The molecule has 10 heteroatoms. The lowest BCUT2D eigenvalue weighted by Crippen LogP contribution is -2.40. The first-order valence-corrected chi connectivity index (χ1v) is 13.2. The van der Waals surface area contributed by atoms with Gasteiger partial charge in [0.1, 0.15) is 29.1 Å². The van der Waals surface area contributed by atoms with Crippen LogP contribution in [0.1, 0.15) is 36.8 Å². The summed E-state index contributed by atoms with van der Waals surface area (Å²) in [7, 11) is 3.06. The van der Waals surface area contributed by atoms with Gasteiger partial charge in [-0.15, -0.1) is 0 Å². The number of methoxy groups -OCH3 is 2. The second-order valence-electron chi connectivity index (χ2n) is 8.77. The van der Waals surface area contributed by atoms with Crippen molar-refractivity contribution in [1.82, 2.24) is 4.57 Å². The number of nitriles is 1. The van der Waals surface area contributed by atoms with Crippen molar-refractivity contribution in [2.45, 2.75) is 19.9 Å². The number of allylic oxidation sites excluding steroid dienone is 1. The van der Waals surface area contributed by atoms with Crippen molar-refractivity contribution in [2.24, 2.45) is 4.99 Å². The number of carbonyl (C=O) groups is 1. The van der Waals surface area contributed by atoms with Crippen molar-refractivity contribution in [3.8, 4) is 28.9 Å². The average molecular weight is 556 g/mol. The minimum Gasteiger partial charge on any atom is -0.497 e. The molecule has 3 heterocycles. The van der Waals surface area contributed by atoms with Crippen molar-refractivity contribution < 1.29 is 23.4 Å². The number of hydrogen-bond acceptors (Lipinski definition) is 9. The summed E-state index contributed by atoms with van der Waals surface area (Å²) >= 11 is 1.18. The molecule has 0 saturated heterocycles. The van der Waals surface area contributed by atoms with Crippen molar-refractivity contribution in [3.05, 3.63) is 102 Å². The van der Waals surface area contributed by atoms with Crippen LogP contribution in [0.4, 0.5) is 0 Å². The van der Waals surface area contributed by atoms with Crippen LogP contribution in [0.15, 0.2) is 80.1 Å². The molecule has 2 aromatic heterocycles. The highest BCUT2D eigenvalue weighted by molar-refractivity contribution is 7.07. The van der Waals surface area contributed by atoms with E-state index < -0.39 is 12.0 Å². The largest absolute Gasteiger partial charge is 0.497 e. The number of fused-ring (bicyclic) bond motifs is 1. The van der Waals surface area contributed by atoms with Gasteiger partial charge >= 0.3 is 5.97 Å². The maximum absolute atomic E-state index is 13.9. The van der Waals surface area contributed by atoms with Gasteiger partial charge in [0.05, 0.1) is 48.3 Å². The first kappa shape index (κ1) is 26.7. The standard InChI is InChI=1S/C30H25N3O6S/c1-5-38-29(35)26-17(2)32-30-33(27(26)22-12-10-19(36-3)14-24(22)37-4)28(34)25(40-30)15-20-11-13-23(39-20)21-9-7-6-8-18(21)16-31/h6-15,27H,5H2,1-4H3. The van der Waals surface area contributed by atoms with Crippen LogP contribution < -0.4 is 24.4 Å². The smallest absolute Gasteiger partial charge is 0.338 e. The summed E-state index contributed by atoms with van der Waals surface area (Å²) in [6, 6.07) is 17.2. The molecule has 1 aliphatic heterocycles. The van der Waals surface area contributed by atoms with E-state index in [1.165, 1.54) is 23.0 Å². The Kier molecular flexibility index (Phi) is 7.40. The van der Waals surface area contributed by atoms with Crippen LogP contribution >= 0.6 is 11.3 Å². The monoisotopic (exact) mass is 555 g/mol. The molecule has 9 nitrogen and oxygen atoms in total. The molecule has 0 saturated carbocycles. The molecule has 202 valence electrons. The van der Waals surface area contributed by atoms with E-state index in [0.717, 1.165) is 0 Å². The number of aromatic nitrogens is 1. The third kappa shape index (κ3) is 4.72. The van der Waals surface area contributed by atoms with Gasteiger partial charge in [0, 0.05) is 23.3 Å². The SMILES string of the molecule is CCOC(=O)C1=C(C)N=c2sc(=Cc3ccc(-c4ccccc4C#N)o3)c(=O)n2C1c1ccc(OC)cc1OC. The minimum atomic E-state index is -0.840. The summed E-state index contributed by atoms with van der Waals surface area (Å²) in [5, 5.41) is 9.45. The molecule has 0 aliphatic carbocycles. The number of nitrogens with zero attached hydrogens (tertiary/aromatic N) is 3. The molecule has 2 aromatic carbocycles. The zero-order valence-electron chi connectivity index (χ0n) is 22.3. The fraction of sp³-hybridized carbons (Fsp3) is 0.200. The summed E-state index contributed by atoms with van der Waals surface area (Å²) in [5.74, 6) is 1.40. The van der Waals surface area contributed by atoms with Gasteiger partial charge in [0.15, 0.2) is 4.80 Å². The number of hydrogen-bond donors (Lipinski definition) is 0. The van der Waals surface area contributed by atoms with Crippen molar-refractivity contribution in [2.75, 3.05) is 20.8 Å². The molecule has 1 atom stereocenters. The Bertz CT molecular complexity index is 1870. The van der Waals surface area contributed by atoms with Crippen LogP contribution in [0, 0.1) is 11.3 Å². The Hall–Kier alpha value is -4.88. The molecule has 0 spiro atoms. The molecule has 0 N–H and O–H groups in total. The van der Waals surface area contributed by atoms with E-state index in [0.29, 0.717) is 54.7 Å². The Balaban J connectivity index is 1.68. The van der Waals surface area contributed by atoms with E-state index in [2.05, 4.69) is 11.1 Å². The Morgan fingerprint density at radius 2 is 1.98 bits per heavy atom. The summed E-state index contributed by atoms with van der Waals surface area (Å²) in [6.45, 7) is 3.61. The molecule has 4 aromatic rings. The van der Waals surface area contributed by atoms with Crippen LogP contribution in [0.3, 0.4) is 0 Å². The lowest BCUT2D eigenvalue weighted by Gasteiger charge is -2.26. The fourth-order valence-corrected chi connectivity index (χ4v) is 5.66. The van der Waals surface area contributed by atoms with Gasteiger partial charge < -0.3 is 18.6 Å². The molecular weight excluding hydrogens is 530 g/mol. The van der Waals surface area contributed by atoms with Crippen LogP contribution in [0.25, 0.3) is 17.4 Å². The molecule has 40 heavy (non-hydrogen) atoms. The second kappa shape index (κ2) is 11.1. The van der Waals surface area contributed by atoms with E-state index in [4.69, 9.17) is 18.6 Å². The Labute approximate surface area is 233 Å². The highest BCUT2D eigenvalue weighted by atomic mass is 32.1. The summed E-state index contributed by atoms with van der Waals surface area (Å²) in [4.78, 5) is 32.1. The van der Waals surface area contributed by atoms with Crippen LogP contribution in [0.2, 0.25) is 0 Å². The number of rotatable bonds is 7. The normalized spacial score (nSPS) is 14.8. The Morgan fingerprint density at radius 3 is 2.70 bits per heavy atom. The second-order valence-corrected chi connectivity index (χ2v) is 9.78. The summed E-state index contributed by atoms with van der Waals surface area (Å²) < 4.78 is 24.2. The molecule has 0 fully saturated rings. The van der Waals surface area contributed by atoms with E-state index in [-0.39, 0.29) is 17.7 Å². The first-order valence-electron chi connectivity index (χ1n) is 12.4. The van der Waals surface area contributed by atoms with Gasteiger partial charge in [-0.05, 0) is 50.2 Å². The van der Waals surface area contributed by atoms with Crippen molar-refractivity contribution in [1.29, 1.82) is 5.26 Å². The van der Waals surface area contributed by atoms with Crippen molar-refractivity contribution in [3.63, 3.8) is 0 Å². The van der Waals surface area contributed by atoms with Crippen LogP contribution in [-0.2, 0) is 9.53 Å². The molecule has 1 unspecified atom stereocenters. The van der Waals surface area contributed by atoms with Gasteiger partial charge in [-0.25, -0.2) is 9.79 Å². The summed E-state index contributed by atoms with van der Waals surface area (Å²) in [6.07, 6.45) is 1.63. The van der Waals surface area contributed by atoms with E-state index in [1.807, 2.05) is 6.07 Å². The van der Waals surface area contributed by atoms with Crippen molar-refractivity contribution >= 4 is 23.4 Å². The van der Waals surface area contributed by atoms with E-state index in [9.17, 15) is 14.9 Å². The Morgan fingerprint density at radius 1 is 1.18 bits per heavy atom. The van der Waals surface area contributed by atoms with Crippen LogP contribution in [-0.4, -0.2) is 31.4 Å². The quantitative estimate of drug-likeness (QED) is 0.317. The third-order valence-corrected chi connectivity index (χ3v) is 7.45. The molecule has 0 bridgehead atoms. The number of thiazole rings is 1. The lowest BCUT2D eigenvalue weighted by atomic mass is 9.95. The number of benzene rings is 2. The predicted octanol–water partition coefficient (Wildman–Crippen LogP) is 3.95. The average Bonchev–Trinajstić information content (AvgIpc) is 3.56. The van der Waals surface area contributed by atoms with Gasteiger partial charge in [-0.2, -0.15) is 5.26 Å². The number of carbonyl (C=O) groups excluding carboxylic acids is 1. The molecular formula is C30H25N3O6S. The fourth-order valence-electron chi connectivity index (χ4n) is 4.63. The molecule has 0 radical (unpaired) electrons. The minimum absolute atomic E-state index is 0.169. The van der Waals surface area contributed by atoms with E-state index >= 15 is 0 Å². The predicted molar refractivity (Wildman–Crippen MR) is 149 cm³/mol. The highest BCUT2D eigenvalue weighted by Crippen LogP contribution is 2.37. The van der Waals surface area contributed by atoms with Gasteiger partial charge in [0.25, 0.3) is 5.56 Å². The number of esters is 1. The van der Waals surface area contributed by atoms with Gasteiger partial charge in [-0.1, -0.05) is 23.5 Å². The number of ether oxygens (including phenoxy) is 3. The molecule has 5 rings (SSSR count). The third-order valence-electron chi connectivity index (χ3n) is 6.47. The maximum Gasteiger partial charge on any atom is 0.338 e.